The van der Waals surface area contributed by atoms with E-state index in [-0.39, 0.29) is 5.56 Å². The van der Waals surface area contributed by atoms with Crippen molar-refractivity contribution in [3.05, 3.63) is 34.9 Å². The quantitative estimate of drug-likeness (QED) is 0.660. The lowest BCUT2D eigenvalue weighted by Crippen LogP contribution is -2.13. The van der Waals surface area contributed by atoms with Crippen LogP contribution < -0.4 is 10.3 Å². The zero-order chi connectivity index (χ0) is 12.3. The van der Waals surface area contributed by atoms with Gasteiger partial charge in [0.15, 0.2) is 5.16 Å². The molecule has 0 saturated heterocycles. The molecule has 0 saturated carbocycles. The van der Waals surface area contributed by atoms with Crippen molar-refractivity contribution in [2.24, 2.45) is 0 Å². The third-order valence-electron chi connectivity index (χ3n) is 2.20. The van der Waals surface area contributed by atoms with Crippen LogP contribution in [-0.4, -0.2) is 28.3 Å². The first-order valence-corrected chi connectivity index (χ1v) is 6.11. The van der Waals surface area contributed by atoms with Crippen LogP contribution in [0.3, 0.4) is 0 Å². The molecule has 0 bridgehead atoms. The number of thioether (sulfide) groups is 1. The van der Waals surface area contributed by atoms with Crippen molar-refractivity contribution in [3.8, 4) is 17.0 Å². The number of nitrogens with one attached hydrogen (secondary N) is 1. The topological polar surface area (TPSA) is 67.9 Å². The summed E-state index contributed by atoms with van der Waals surface area (Å²) >= 11 is 1.35. The van der Waals surface area contributed by atoms with E-state index in [1.165, 1.54) is 18.9 Å². The highest BCUT2D eigenvalue weighted by Crippen LogP contribution is 2.24. The summed E-state index contributed by atoms with van der Waals surface area (Å²) in [6, 6.07) is 3.55. The van der Waals surface area contributed by atoms with E-state index in [1.54, 1.807) is 24.5 Å². The summed E-state index contributed by atoms with van der Waals surface area (Å²) < 4.78 is 5.15. The minimum Gasteiger partial charge on any atom is -0.480 e. The van der Waals surface area contributed by atoms with E-state index in [0.29, 0.717) is 22.2 Å². The molecule has 1 N–H and O–H groups in total. The van der Waals surface area contributed by atoms with Crippen LogP contribution in [0.2, 0.25) is 0 Å². The largest absolute Gasteiger partial charge is 0.480 e. The van der Waals surface area contributed by atoms with Crippen LogP contribution >= 0.6 is 11.8 Å². The first kappa shape index (κ1) is 11.7. The van der Waals surface area contributed by atoms with E-state index in [2.05, 4.69) is 15.0 Å². The third-order valence-corrected chi connectivity index (χ3v) is 2.78. The summed E-state index contributed by atoms with van der Waals surface area (Å²) in [6.45, 7) is 0. The Morgan fingerprint density at radius 1 is 1.47 bits per heavy atom. The van der Waals surface area contributed by atoms with Crippen LogP contribution in [0.15, 0.2) is 34.5 Å². The number of methoxy groups -OCH3 is 1. The van der Waals surface area contributed by atoms with Crippen LogP contribution in [0, 0.1) is 0 Å². The number of aromatic nitrogens is 3. The van der Waals surface area contributed by atoms with Gasteiger partial charge < -0.3 is 9.72 Å². The van der Waals surface area contributed by atoms with Gasteiger partial charge in [-0.25, -0.2) is 0 Å². The summed E-state index contributed by atoms with van der Waals surface area (Å²) in [7, 11) is 1.49. The van der Waals surface area contributed by atoms with Gasteiger partial charge in [0.2, 0.25) is 5.88 Å². The lowest BCUT2D eigenvalue weighted by Gasteiger charge is -2.07. The Morgan fingerprint density at radius 2 is 2.29 bits per heavy atom. The Bertz CT molecular complexity index is 569. The molecule has 0 radical (unpaired) electrons. The standard InChI is InChI=1S/C11H11N3O2S/c1-16-10-8(7-4-3-5-12-6-7)9(15)13-11(14-10)17-2/h3-6H,1-2H3,(H,13,14,15). The Balaban J connectivity index is 2.65. The number of H-pyrrole nitrogens is 1. The van der Waals surface area contributed by atoms with Crippen molar-refractivity contribution in [3.63, 3.8) is 0 Å². The van der Waals surface area contributed by atoms with Crippen molar-refractivity contribution in [1.29, 1.82) is 0 Å². The molecule has 0 amide bonds. The normalized spacial score (nSPS) is 10.2. The van der Waals surface area contributed by atoms with Crippen molar-refractivity contribution in [2.45, 2.75) is 5.16 Å². The van der Waals surface area contributed by atoms with Gasteiger partial charge >= 0.3 is 0 Å². The number of ether oxygens (including phenoxy) is 1. The summed E-state index contributed by atoms with van der Waals surface area (Å²) in [6.07, 6.45) is 5.09. The van der Waals surface area contributed by atoms with E-state index >= 15 is 0 Å². The molecule has 0 aliphatic rings. The van der Waals surface area contributed by atoms with Crippen molar-refractivity contribution < 1.29 is 4.74 Å². The van der Waals surface area contributed by atoms with Crippen LogP contribution in [0.1, 0.15) is 0 Å². The molecule has 0 fully saturated rings. The van der Waals surface area contributed by atoms with Gasteiger partial charge in [-0.1, -0.05) is 17.8 Å². The fourth-order valence-corrected chi connectivity index (χ4v) is 1.81. The van der Waals surface area contributed by atoms with Gasteiger partial charge in [0.05, 0.1) is 7.11 Å². The van der Waals surface area contributed by atoms with E-state index in [1.807, 2.05) is 6.26 Å². The summed E-state index contributed by atoms with van der Waals surface area (Å²) in [4.78, 5) is 22.8. The second kappa shape index (κ2) is 5.01. The van der Waals surface area contributed by atoms with Gasteiger partial charge in [-0.05, 0) is 12.3 Å². The molecule has 17 heavy (non-hydrogen) atoms. The molecule has 88 valence electrons. The predicted octanol–water partition coefficient (Wildman–Crippen LogP) is 1.56. The molecule has 0 aliphatic carbocycles. The lowest BCUT2D eigenvalue weighted by atomic mass is 10.1. The van der Waals surface area contributed by atoms with Crippen LogP contribution in [0.4, 0.5) is 0 Å². The van der Waals surface area contributed by atoms with Crippen LogP contribution in [0.5, 0.6) is 5.88 Å². The number of nitrogens with zero attached hydrogens (tertiary/aromatic N) is 2. The predicted molar refractivity (Wildman–Crippen MR) is 66.4 cm³/mol. The van der Waals surface area contributed by atoms with Crippen molar-refractivity contribution >= 4 is 11.8 Å². The molecule has 0 aromatic carbocycles. The molecule has 2 rings (SSSR count). The summed E-state index contributed by atoms with van der Waals surface area (Å²) in [5.41, 5.74) is 0.860. The van der Waals surface area contributed by atoms with Gasteiger partial charge in [0, 0.05) is 18.0 Å². The van der Waals surface area contributed by atoms with E-state index < -0.39 is 0 Å². The lowest BCUT2D eigenvalue weighted by molar-refractivity contribution is 0.393. The van der Waals surface area contributed by atoms with Crippen LogP contribution in [0.25, 0.3) is 11.1 Å². The Morgan fingerprint density at radius 3 is 2.88 bits per heavy atom. The van der Waals surface area contributed by atoms with Gasteiger partial charge in [-0.15, -0.1) is 0 Å². The Labute approximate surface area is 102 Å². The number of aromatic amines is 1. The molecule has 0 aliphatic heterocycles. The van der Waals surface area contributed by atoms with Gasteiger partial charge in [0.1, 0.15) is 5.56 Å². The Hall–Kier alpha value is -1.82. The molecule has 2 aromatic heterocycles. The molecule has 0 spiro atoms. The van der Waals surface area contributed by atoms with Gasteiger partial charge in [-0.3, -0.25) is 9.78 Å². The maximum absolute atomic E-state index is 12.0. The smallest absolute Gasteiger partial charge is 0.263 e. The first-order valence-electron chi connectivity index (χ1n) is 4.89. The molecule has 0 atom stereocenters. The monoisotopic (exact) mass is 249 g/mol. The van der Waals surface area contributed by atoms with Crippen molar-refractivity contribution in [1.82, 2.24) is 15.0 Å². The zero-order valence-electron chi connectivity index (χ0n) is 9.43. The molecule has 5 nitrogen and oxygen atoms in total. The SMILES string of the molecule is COc1nc(SC)[nH]c(=O)c1-c1cccnc1. The number of rotatable bonds is 3. The minimum atomic E-state index is -0.228. The second-order valence-electron chi connectivity index (χ2n) is 3.20. The fourth-order valence-electron chi connectivity index (χ4n) is 1.44. The van der Waals surface area contributed by atoms with Crippen LogP contribution in [-0.2, 0) is 0 Å². The highest BCUT2D eigenvalue weighted by atomic mass is 32.2. The van der Waals surface area contributed by atoms with E-state index in [9.17, 15) is 4.79 Å². The first-order chi connectivity index (χ1) is 8.26. The minimum absolute atomic E-state index is 0.228. The zero-order valence-corrected chi connectivity index (χ0v) is 10.2. The fraction of sp³-hybridized carbons (Fsp3) is 0.182. The molecular formula is C11H11N3O2S. The van der Waals surface area contributed by atoms with E-state index in [4.69, 9.17) is 4.74 Å². The number of hydrogen-bond donors (Lipinski definition) is 1. The second-order valence-corrected chi connectivity index (χ2v) is 4.00. The van der Waals surface area contributed by atoms with Gasteiger partial charge in [-0.2, -0.15) is 4.98 Å². The maximum Gasteiger partial charge on any atom is 0.263 e. The number of hydrogen-bond acceptors (Lipinski definition) is 5. The highest BCUT2D eigenvalue weighted by molar-refractivity contribution is 7.98. The molecule has 0 unspecified atom stereocenters. The van der Waals surface area contributed by atoms with E-state index in [0.717, 1.165) is 0 Å². The highest BCUT2D eigenvalue weighted by Gasteiger charge is 2.13. The maximum atomic E-state index is 12.0. The van der Waals surface area contributed by atoms with Gasteiger partial charge in [0.25, 0.3) is 5.56 Å². The average molecular weight is 249 g/mol. The molecule has 2 heterocycles. The number of pyridine rings is 1. The summed E-state index contributed by atoms with van der Waals surface area (Å²) in [5, 5.41) is 0.527. The molecular weight excluding hydrogens is 238 g/mol. The molecule has 2 aromatic rings. The Kier molecular flexibility index (Phi) is 3.43. The average Bonchev–Trinajstić information content (AvgIpc) is 2.38. The van der Waals surface area contributed by atoms with Crippen molar-refractivity contribution in [2.75, 3.05) is 13.4 Å². The molecule has 6 heteroatoms. The summed E-state index contributed by atoms with van der Waals surface area (Å²) in [5.74, 6) is 0.311. The third kappa shape index (κ3) is 2.31.